The van der Waals surface area contributed by atoms with E-state index in [0.29, 0.717) is 12.4 Å². The number of hydrogen-bond donors (Lipinski definition) is 1. The lowest BCUT2D eigenvalue weighted by atomic mass is 10.00. The molecule has 0 amide bonds. The Kier molecular flexibility index (Phi) is 5.43. The van der Waals surface area contributed by atoms with Crippen molar-refractivity contribution in [2.24, 2.45) is 7.05 Å². The molecule has 0 unspecified atom stereocenters. The van der Waals surface area contributed by atoms with Gasteiger partial charge in [0.05, 0.1) is 6.54 Å². The molecule has 4 heterocycles. The average Bonchev–Trinajstić information content (AvgIpc) is 3.58. The van der Waals surface area contributed by atoms with Crippen LogP contribution in [0.25, 0.3) is 28.3 Å². The van der Waals surface area contributed by atoms with E-state index in [4.69, 9.17) is 0 Å². The number of rotatable bonds is 7. The first kappa shape index (κ1) is 20.6. The average molecular weight is 441 g/mol. The van der Waals surface area contributed by atoms with E-state index in [1.807, 2.05) is 77.2 Å². The van der Waals surface area contributed by atoms with E-state index >= 15 is 0 Å². The van der Waals surface area contributed by atoms with Gasteiger partial charge in [-0.2, -0.15) is 0 Å². The summed E-state index contributed by atoms with van der Waals surface area (Å²) in [5, 5.41) is 14.0. The lowest BCUT2D eigenvalue weighted by Gasteiger charge is -2.12. The Morgan fingerprint density at radius 2 is 1.88 bits per heavy atom. The highest BCUT2D eigenvalue weighted by Crippen LogP contribution is 2.26. The second-order valence-corrected chi connectivity index (χ2v) is 7.95. The normalized spacial score (nSPS) is 11.2. The third-order valence-corrected chi connectivity index (χ3v) is 5.78. The predicted molar refractivity (Wildman–Crippen MR) is 125 cm³/mol. The Balaban J connectivity index is 1.53. The summed E-state index contributed by atoms with van der Waals surface area (Å²) in [5.41, 5.74) is 4.91. The summed E-state index contributed by atoms with van der Waals surface area (Å²) < 4.78 is 5.52. The molecular weight excluding hydrogens is 416 g/mol. The second kappa shape index (κ2) is 8.70. The minimum atomic E-state index is -0.0526. The Morgan fingerprint density at radius 1 is 1.06 bits per heavy atom. The highest BCUT2D eigenvalue weighted by atomic mass is 16.1. The van der Waals surface area contributed by atoms with E-state index in [9.17, 15) is 4.79 Å². The van der Waals surface area contributed by atoms with Crippen molar-refractivity contribution in [3.8, 4) is 28.3 Å². The monoisotopic (exact) mass is 440 g/mol. The molecule has 0 aliphatic rings. The third-order valence-electron chi connectivity index (χ3n) is 5.78. The van der Waals surface area contributed by atoms with Gasteiger partial charge in [0, 0.05) is 43.1 Å². The molecule has 0 aliphatic heterocycles. The zero-order valence-electron chi connectivity index (χ0n) is 18.5. The van der Waals surface area contributed by atoms with E-state index in [0.717, 1.165) is 46.6 Å². The van der Waals surface area contributed by atoms with E-state index in [1.54, 1.807) is 10.8 Å². The number of benzene rings is 1. The summed E-state index contributed by atoms with van der Waals surface area (Å²) >= 11 is 0. The fourth-order valence-corrected chi connectivity index (χ4v) is 4.11. The van der Waals surface area contributed by atoms with Crippen molar-refractivity contribution in [2.45, 2.75) is 26.3 Å². The van der Waals surface area contributed by atoms with E-state index < -0.39 is 0 Å². The van der Waals surface area contributed by atoms with Crippen LogP contribution in [0.15, 0.2) is 72.0 Å². The molecule has 0 bridgehead atoms. The Hall–Kier alpha value is -4.27. The molecule has 0 radical (unpaired) electrons. The molecule has 4 aromatic heterocycles. The van der Waals surface area contributed by atoms with Crippen molar-refractivity contribution in [2.75, 3.05) is 0 Å². The summed E-state index contributed by atoms with van der Waals surface area (Å²) in [6, 6.07) is 13.9. The molecule has 33 heavy (non-hydrogen) atoms. The molecule has 0 saturated carbocycles. The maximum absolute atomic E-state index is 13.4. The molecular formula is C24H24N8O. The maximum atomic E-state index is 13.4. The fourth-order valence-electron chi connectivity index (χ4n) is 4.11. The van der Waals surface area contributed by atoms with Crippen molar-refractivity contribution in [1.29, 1.82) is 0 Å². The van der Waals surface area contributed by atoms with Gasteiger partial charge in [0.2, 0.25) is 0 Å². The van der Waals surface area contributed by atoms with Gasteiger partial charge in [0.1, 0.15) is 5.82 Å². The number of aromatic nitrogens is 8. The van der Waals surface area contributed by atoms with Gasteiger partial charge >= 0.3 is 5.69 Å². The second-order valence-electron chi connectivity index (χ2n) is 7.95. The minimum Gasteiger partial charge on any atom is -0.337 e. The Morgan fingerprint density at radius 3 is 2.58 bits per heavy atom. The van der Waals surface area contributed by atoms with Crippen molar-refractivity contribution in [3.63, 3.8) is 0 Å². The van der Waals surface area contributed by atoms with Crippen LogP contribution in [0.5, 0.6) is 0 Å². The quantitative estimate of drug-likeness (QED) is 0.419. The molecule has 0 fully saturated rings. The standard InChI is InChI=1S/C24H24N8O/c1-3-5-20-16-32(22-6-4-13-30(22)2)24(33)31(20)15-19-14-25-12-11-21(19)17-7-9-18(10-8-17)23-26-28-29-27-23/h4,6-14,16H,3,5,15H2,1-2H3,(H,26,27,28,29). The summed E-state index contributed by atoms with van der Waals surface area (Å²) in [4.78, 5) is 17.8. The van der Waals surface area contributed by atoms with Crippen LogP contribution in [0, 0.1) is 0 Å². The van der Waals surface area contributed by atoms with Crippen LogP contribution in [0.3, 0.4) is 0 Å². The van der Waals surface area contributed by atoms with Gasteiger partial charge in [-0.1, -0.05) is 37.6 Å². The third kappa shape index (κ3) is 3.89. The zero-order valence-corrected chi connectivity index (χ0v) is 18.5. The fraction of sp³-hybridized carbons (Fsp3) is 0.208. The smallest absolute Gasteiger partial charge is 0.334 e. The van der Waals surface area contributed by atoms with E-state index in [-0.39, 0.29) is 5.69 Å². The van der Waals surface area contributed by atoms with Crippen LogP contribution in [-0.4, -0.2) is 39.3 Å². The number of H-pyrrole nitrogens is 1. The highest BCUT2D eigenvalue weighted by molar-refractivity contribution is 5.69. The van der Waals surface area contributed by atoms with Gasteiger partial charge in [-0.15, -0.1) is 5.10 Å². The number of nitrogens with zero attached hydrogens (tertiary/aromatic N) is 7. The first-order valence-corrected chi connectivity index (χ1v) is 10.9. The van der Waals surface area contributed by atoms with Crippen molar-refractivity contribution in [1.82, 2.24) is 39.3 Å². The van der Waals surface area contributed by atoms with Gasteiger partial charge in [0.25, 0.3) is 0 Å². The minimum absolute atomic E-state index is 0.0526. The van der Waals surface area contributed by atoms with Gasteiger partial charge < -0.3 is 4.57 Å². The Bertz CT molecular complexity index is 1420. The van der Waals surface area contributed by atoms with Crippen LogP contribution in [-0.2, 0) is 20.0 Å². The lowest BCUT2D eigenvalue weighted by Crippen LogP contribution is -2.26. The number of nitrogens with one attached hydrogen (secondary N) is 1. The topological polar surface area (TPSA) is 99.2 Å². The van der Waals surface area contributed by atoms with Crippen molar-refractivity contribution < 1.29 is 0 Å². The number of aryl methyl sites for hydroxylation is 2. The molecule has 0 saturated heterocycles. The molecule has 1 aromatic carbocycles. The summed E-state index contributed by atoms with van der Waals surface area (Å²) in [5.74, 6) is 1.47. The van der Waals surface area contributed by atoms with Crippen molar-refractivity contribution >= 4 is 0 Å². The molecule has 0 aliphatic carbocycles. The van der Waals surface area contributed by atoms with Crippen LogP contribution in [0.2, 0.25) is 0 Å². The lowest BCUT2D eigenvalue weighted by molar-refractivity contribution is 0.685. The van der Waals surface area contributed by atoms with Gasteiger partial charge in [-0.05, 0) is 51.7 Å². The Labute approximate surface area is 190 Å². The molecule has 5 rings (SSSR count). The van der Waals surface area contributed by atoms with Gasteiger partial charge in [0.15, 0.2) is 5.82 Å². The van der Waals surface area contributed by atoms with Crippen LogP contribution in [0.4, 0.5) is 0 Å². The van der Waals surface area contributed by atoms with Crippen LogP contribution < -0.4 is 5.69 Å². The molecule has 9 heteroatoms. The molecule has 0 spiro atoms. The van der Waals surface area contributed by atoms with Gasteiger partial charge in [-0.3, -0.25) is 14.1 Å². The highest BCUT2D eigenvalue weighted by Gasteiger charge is 2.16. The summed E-state index contributed by atoms with van der Waals surface area (Å²) in [6.07, 6.45) is 9.29. The van der Waals surface area contributed by atoms with Crippen LogP contribution >= 0.6 is 0 Å². The number of pyridine rings is 1. The number of aromatic amines is 1. The number of hydrogen-bond acceptors (Lipinski definition) is 5. The molecule has 166 valence electrons. The zero-order chi connectivity index (χ0) is 22.8. The summed E-state index contributed by atoms with van der Waals surface area (Å²) in [6.45, 7) is 2.57. The first-order valence-electron chi connectivity index (χ1n) is 10.9. The molecule has 1 N–H and O–H groups in total. The molecule has 0 atom stereocenters. The van der Waals surface area contributed by atoms with Gasteiger partial charge in [-0.25, -0.2) is 9.89 Å². The SMILES string of the molecule is CCCc1cn(-c2cccn2C)c(=O)n1Cc1cnccc1-c1ccc(-c2nnn[nH]2)cc1. The summed E-state index contributed by atoms with van der Waals surface area (Å²) in [7, 11) is 1.94. The van der Waals surface area contributed by atoms with Crippen LogP contribution in [0.1, 0.15) is 24.6 Å². The number of tetrazole rings is 1. The van der Waals surface area contributed by atoms with E-state index in [2.05, 4.69) is 32.5 Å². The first-order chi connectivity index (χ1) is 16.2. The largest absolute Gasteiger partial charge is 0.337 e. The molecule has 5 aromatic rings. The number of imidazole rings is 1. The van der Waals surface area contributed by atoms with Crippen molar-refractivity contribution in [3.05, 3.63) is 89.0 Å². The maximum Gasteiger partial charge on any atom is 0.334 e. The molecule has 9 nitrogen and oxygen atoms in total. The van der Waals surface area contributed by atoms with E-state index in [1.165, 1.54) is 0 Å². The predicted octanol–water partition coefficient (Wildman–Crippen LogP) is 3.22.